The summed E-state index contributed by atoms with van der Waals surface area (Å²) in [5.74, 6) is -0.00666. The zero-order valence-corrected chi connectivity index (χ0v) is 11.5. The first-order valence-corrected chi connectivity index (χ1v) is 6.11. The van der Waals surface area contributed by atoms with Crippen molar-refractivity contribution in [2.24, 2.45) is 5.41 Å². The van der Waals surface area contributed by atoms with Gasteiger partial charge in [0.05, 0.1) is 22.6 Å². The van der Waals surface area contributed by atoms with Crippen molar-refractivity contribution < 1.29 is 4.79 Å². The molecule has 2 aromatic rings. The molecule has 0 bridgehead atoms. The standard InChI is InChI=1S/C12H16N4OS/c1-12(2,10(17)13-3)7-16-9-4-5-14-6-8(9)15-11(16)18/h4-6H,7H2,1-3H3,(H,13,17)(H,15,18). The molecular formula is C12H16N4OS. The summed E-state index contributed by atoms with van der Waals surface area (Å²) in [6.07, 6.45) is 3.45. The minimum absolute atomic E-state index is 0.00666. The number of aromatic amines is 1. The number of nitrogens with one attached hydrogen (secondary N) is 2. The van der Waals surface area contributed by atoms with E-state index in [1.807, 2.05) is 24.5 Å². The second-order valence-corrected chi connectivity index (χ2v) is 5.26. The van der Waals surface area contributed by atoms with Gasteiger partial charge in [0.1, 0.15) is 0 Å². The third-order valence-corrected chi connectivity index (χ3v) is 3.29. The van der Waals surface area contributed by atoms with Crippen molar-refractivity contribution in [1.29, 1.82) is 0 Å². The summed E-state index contributed by atoms with van der Waals surface area (Å²) in [7, 11) is 1.64. The molecular weight excluding hydrogens is 248 g/mol. The fourth-order valence-corrected chi connectivity index (χ4v) is 2.25. The van der Waals surface area contributed by atoms with E-state index >= 15 is 0 Å². The highest BCUT2D eigenvalue weighted by atomic mass is 32.1. The fourth-order valence-electron chi connectivity index (χ4n) is 1.97. The summed E-state index contributed by atoms with van der Waals surface area (Å²) in [6, 6.07) is 1.89. The van der Waals surface area contributed by atoms with Crippen LogP contribution in [0, 0.1) is 10.2 Å². The zero-order valence-electron chi connectivity index (χ0n) is 10.7. The Kier molecular flexibility index (Phi) is 3.21. The van der Waals surface area contributed by atoms with Crippen LogP contribution in [-0.4, -0.2) is 27.5 Å². The first kappa shape index (κ1) is 12.8. The van der Waals surface area contributed by atoms with Gasteiger partial charge in [-0.05, 0) is 32.1 Å². The van der Waals surface area contributed by atoms with Crippen molar-refractivity contribution in [3.8, 4) is 0 Å². The van der Waals surface area contributed by atoms with E-state index in [9.17, 15) is 4.79 Å². The van der Waals surface area contributed by atoms with E-state index in [4.69, 9.17) is 12.2 Å². The summed E-state index contributed by atoms with van der Waals surface area (Å²) < 4.78 is 2.54. The van der Waals surface area contributed by atoms with Gasteiger partial charge in [-0.25, -0.2) is 0 Å². The molecule has 1 amide bonds. The van der Waals surface area contributed by atoms with E-state index in [-0.39, 0.29) is 5.91 Å². The highest BCUT2D eigenvalue weighted by Gasteiger charge is 2.28. The lowest BCUT2D eigenvalue weighted by atomic mass is 9.92. The third-order valence-electron chi connectivity index (χ3n) is 2.97. The number of amides is 1. The van der Waals surface area contributed by atoms with Crippen molar-refractivity contribution in [2.45, 2.75) is 20.4 Å². The van der Waals surface area contributed by atoms with Gasteiger partial charge in [-0.1, -0.05) is 0 Å². The van der Waals surface area contributed by atoms with Crippen molar-refractivity contribution in [2.75, 3.05) is 7.05 Å². The van der Waals surface area contributed by atoms with Gasteiger partial charge in [0.15, 0.2) is 4.77 Å². The Morgan fingerprint density at radius 3 is 3.00 bits per heavy atom. The molecule has 0 aliphatic heterocycles. The smallest absolute Gasteiger partial charge is 0.227 e. The summed E-state index contributed by atoms with van der Waals surface area (Å²) in [6.45, 7) is 4.32. The molecule has 2 rings (SSSR count). The number of hydrogen-bond donors (Lipinski definition) is 2. The molecule has 6 heteroatoms. The number of H-pyrrole nitrogens is 1. The van der Waals surface area contributed by atoms with Crippen molar-refractivity contribution in [1.82, 2.24) is 19.9 Å². The van der Waals surface area contributed by atoms with Gasteiger partial charge < -0.3 is 14.9 Å². The van der Waals surface area contributed by atoms with E-state index in [1.165, 1.54) is 0 Å². The number of rotatable bonds is 3. The summed E-state index contributed by atoms with van der Waals surface area (Å²) >= 11 is 5.29. The van der Waals surface area contributed by atoms with Crippen LogP contribution in [0.2, 0.25) is 0 Å². The molecule has 96 valence electrons. The highest BCUT2D eigenvalue weighted by molar-refractivity contribution is 7.71. The molecule has 0 fully saturated rings. The maximum absolute atomic E-state index is 11.8. The maximum Gasteiger partial charge on any atom is 0.227 e. The SMILES string of the molecule is CNC(=O)C(C)(C)Cn1c(=S)[nH]c2cnccc21. The number of pyridine rings is 1. The Bertz CT molecular complexity index is 641. The van der Waals surface area contributed by atoms with Gasteiger partial charge in [0.2, 0.25) is 5.91 Å². The van der Waals surface area contributed by atoms with Crippen LogP contribution in [0.5, 0.6) is 0 Å². The van der Waals surface area contributed by atoms with E-state index in [0.717, 1.165) is 11.0 Å². The maximum atomic E-state index is 11.8. The van der Waals surface area contributed by atoms with E-state index < -0.39 is 5.41 Å². The molecule has 0 aliphatic rings. The molecule has 0 radical (unpaired) electrons. The monoisotopic (exact) mass is 264 g/mol. The number of hydrogen-bond acceptors (Lipinski definition) is 3. The Hall–Kier alpha value is -1.69. The van der Waals surface area contributed by atoms with Gasteiger partial charge in [-0.3, -0.25) is 9.78 Å². The van der Waals surface area contributed by atoms with Crippen molar-refractivity contribution >= 4 is 29.2 Å². The molecule has 2 N–H and O–H groups in total. The molecule has 0 spiro atoms. The molecule has 2 heterocycles. The van der Waals surface area contributed by atoms with Gasteiger partial charge in [0, 0.05) is 19.8 Å². The predicted molar refractivity (Wildman–Crippen MR) is 72.8 cm³/mol. The molecule has 0 aliphatic carbocycles. The number of fused-ring (bicyclic) bond motifs is 1. The fraction of sp³-hybridized carbons (Fsp3) is 0.417. The molecule has 5 nitrogen and oxygen atoms in total. The third kappa shape index (κ3) is 2.15. The molecule has 2 aromatic heterocycles. The zero-order chi connectivity index (χ0) is 13.3. The highest BCUT2D eigenvalue weighted by Crippen LogP contribution is 2.22. The van der Waals surface area contributed by atoms with Gasteiger partial charge in [-0.15, -0.1) is 0 Å². The lowest BCUT2D eigenvalue weighted by molar-refractivity contribution is -0.129. The molecule has 0 saturated carbocycles. The summed E-state index contributed by atoms with van der Waals surface area (Å²) in [5.41, 5.74) is 1.33. The normalized spacial score (nSPS) is 11.7. The lowest BCUT2D eigenvalue weighted by Crippen LogP contribution is -2.37. The molecule has 0 unspecified atom stereocenters. The first-order chi connectivity index (χ1) is 8.45. The van der Waals surface area contributed by atoms with Crippen LogP contribution in [0.15, 0.2) is 18.5 Å². The minimum Gasteiger partial charge on any atom is -0.359 e. The van der Waals surface area contributed by atoms with Crippen LogP contribution in [-0.2, 0) is 11.3 Å². The van der Waals surface area contributed by atoms with Crippen LogP contribution in [0.4, 0.5) is 0 Å². The van der Waals surface area contributed by atoms with Crippen molar-refractivity contribution in [3.05, 3.63) is 23.2 Å². The number of carbonyl (C=O) groups is 1. The summed E-state index contributed by atoms with van der Waals surface area (Å²) in [4.78, 5) is 19.0. The van der Waals surface area contributed by atoms with Crippen LogP contribution in [0.25, 0.3) is 11.0 Å². The minimum atomic E-state index is -0.522. The Morgan fingerprint density at radius 2 is 2.33 bits per heavy atom. The number of imidazole rings is 1. The molecule has 0 aromatic carbocycles. The van der Waals surface area contributed by atoms with E-state index in [0.29, 0.717) is 11.3 Å². The molecule has 0 atom stereocenters. The van der Waals surface area contributed by atoms with Gasteiger partial charge in [0.25, 0.3) is 0 Å². The topological polar surface area (TPSA) is 62.7 Å². The lowest BCUT2D eigenvalue weighted by Gasteiger charge is -2.23. The van der Waals surface area contributed by atoms with Crippen LogP contribution >= 0.6 is 12.2 Å². The number of aromatic nitrogens is 3. The second kappa shape index (κ2) is 4.53. The predicted octanol–water partition coefficient (Wildman–Crippen LogP) is 1.87. The molecule has 0 saturated heterocycles. The molecule has 18 heavy (non-hydrogen) atoms. The average molecular weight is 264 g/mol. The Balaban J connectivity index is 2.46. The van der Waals surface area contributed by atoms with Crippen molar-refractivity contribution in [3.63, 3.8) is 0 Å². The largest absolute Gasteiger partial charge is 0.359 e. The Morgan fingerprint density at radius 1 is 1.61 bits per heavy atom. The van der Waals surface area contributed by atoms with E-state index in [1.54, 1.807) is 19.4 Å². The summed E-state index contributed by atoms with van der Waals surface area (Å²) in [5, 5.41) is 2.68. The quantitative estimate of drug-likeness (QED) is 0.832. The number of nitrogens with zero attached hydrogens (tertiary/aromatic N) is 2. The second-order valence-electron chi connectivity index (χ2n) is 4.87. The van der Waals surface area contributed by atoms with Crippen LogP contribution < -0.4 is 5.32 Å². The number of carbonyl (C=O) groups excluding carboxylic acids is 1. The van der Waals surface area contributed by atoms with E-state index in [2.05, 4.69) is 15.3 Å². The van der Waals surface area contributed by atoms with Gasteiger partial charge in [-0.2, -0.15) is 0 Å². The Labute approximate surface area is 110 Å². The van der Waals surface area contributed by atoms with Crippen LogP contribution in [0.1, 0.15) is 13.8 Å². The van der Waals surface area contributed by atoms with Gasteiger partial charge >= 0.3 is 0 Å². The average Bonchev–Trinajstić information content (AvgIpc) is 2.65. The first-order valence-electron chi connectivity index (χ1n) is 5.70. The van der Waals surface area contributed by atoms with Crippen LogP contribution in [0.3, 0.4) is 0 Å².